The van der Waals surface area contributed by atoms with Crippen LogP contribution in [-0.4, -0.2) is 32.0 Å². The van der Waals surface area contributed by atoms with Crippen molar-refractivity contribution < 1.29 is 19.6 Å². The molecule has 8 heteroatoms. The molecule has 1 amide bonds. The number of nitrogens with zero attached hydrogens (tertiary/aromatic N) is 2. The molecule has 1 saturated carbocycles. The van der Waals surface area contributed by atoms with Crippen molar-refractivity contribution in [3.8, 4) is 0 Å². The number of aromatic nitrogens is 1. The van der Waals surface area contributed by atoms with E-state index in [-0.39, 0.29) is 18.1 Å². The molecular formula is C18H21N3O5. The van der Waals surface area contributed by atoms with Crippen molar-refractivity contribution in [2.24, 2.45) is 5.92 Å². The van der Waals surface area contributed by atoms with Gasteiger partial charge in [-0.15, -0.1) is 0 Å². The number of carbonyl (C=O) groups excluding carboxylic acids is 1. The number of benzene rings is 1. The Hall–Kier alpha value is -2.90. The smallest absolute Gasteiger partial charge is 0.329 e. The van der Waals surface area contributed by atoms with Crippen LogP contribution in [0.15, 0.2) is 30.5 Å². The maximum Gasteiger partial charge on any atom is 0.329 e. The Morgan fingerprint density at radius 2 is 2.04 bits per heavy atom. The maximum atomic E-state index is 12.5. The predicted molar refractivity (Wildman–Crippen MR) is 94.7 cm³/mol. The fourth-order valence-corrected chi connectivity index (χ4v) is 3.55. The number of carbonyl (C=O) groups is 2. The first-order valence-corrected chi connectivity index (χ1v) is 8.58. The molecular weight excluding hydrogens is 338 g/mol. The van der Waals surface area contributed by atoms with E-state index in [1.165, 1.54) is 12.1 Å². The highest BCUT2D eigenvalue weighted by Gasteiger charge is 2.42. The number of nitro benzene ring substituents is 1. The molecule has 0 spiro atoms. The van der Waals surface area contributed by atoms with Crippen molar-refractivity contribution in [1.29, 1.82) is 0 Å². The van der Waals surface area contributed by atoms with E-state index in [4.69, 9.17) is 0 Å². The van der Waals surface area contributed by atoms with Gasteiger partial charge in [-0.05, 0) is 43.7 Å². The van der Waals surface area contributed by atoms with Crippen molar-refractivity contribution in [1.82, 2.24) is 9.88 Å². The van der Waals surface area contributed by atoms with Gasteiger partial charge in [0.05, 0.1) is 4.92 Å². The molecule has 138 valence electrons. The van der Waals surface area contributed by atoms with Crippen molar-refractivity contribution in [2.45, 2.75) is 44.7 Å². The van der Waals surface area contributed by atoms with Gasteiger partial charge in [-0.3, -0.25) is 14.9 Å². The monoisotopic (exact) mass is 359 g/mol. The molecule has 1 heterocycles. The molecule has 0 radical (unpaired) electrons. The van der Waals surface area contributed by atoms with Crippen molar-refractivity contribution >= 4 is 28.5 Å². The van der Waals surface area contributed by atoms with Gasteiger partial charge < -0.3 is 15.0 Å². The lowest BCUT2D eigenvalue weighted by Gasteiger charge is -2.36. The van der Waals surface area contributed by atoms with E-state index in [0.717, 1.165) is 12.8 Å². The number of carboxylic acid groups (broad SMARTS) is 1. The van der Waals surface area contributed by atoms with Gasteiger partial charge in [0.15, 0.2) is 0 Å². The lowest BCUT2D eigenvalue weighted by Crippen LogP contribution is -2.56. The molecule has 1 aliphatic rings. The zero-order chi connectivity index (χ0) is 18.9. The van der Waals surface area contributed by atoms with Gasteiger partial charge in [0.2, 0.25) is 5.91 Å². The highest BCUT2D eigenvalue weighted by molar-refractivity contribution is 5.89. The number of nitro groups is 1. The van der Waals surface area contributed by atoms with Crippen molar-refractivity contribution in [3.05, 3.63) is 40.6 Å². The summed E-state index contributed by atoms with van der Waals surface area (Å²) in [5.74, 6) is -0.910. The Morgan fingerprint density at radius 1 is 1.35 bits per heavy atom. The van der Waals surface area contributed by atoms with Crippen LogP contribution in [0.1, 0.15) is 32.6 Å². The highest BCUT2D eigenvalue weighted by atomic mass is 16.6. The van der Waals surface area contributed by atoms with Crippen LogP contribution in [0.4, 0.5) is 5.69 Å². The van der Waals surface area contributed by atoms with Crippen molar-refractivity contribution in [3.63, 3.8) is 0 Å². The number of rotatable bonds is 5. The molecule has 3 rings (SSSR count). The minimum Gasteiger partial charge on any atom is -0.480 e. The number of non-ortho nitro benzene ring substituents is 1. The molecule has 2 aromatic rings. The van der Waals surface area contributed by atoms with E-state index >= 15 is 0 Å². The second kappa shape index (κ2) is 6.78. The van der Waals surface area contributed by atoms with Gasteiger partial charge in [-0.25, -0.2) is 4.79 Å². The first kappa shape index (κ1) is 17.9. The summed E-state index contributed by atoms with van der Waals surface area (Å²) in [6, 6.07) is 6.13. The Balaban J connectivity index is 1.76. The number of carboxylic acids is 1. The Morgan fingerprint density at radius 3 is 2.65 bits per heavy atom. The van der Waals surface area contributed by atoms with Gasteiger partial charge in [-0.1, -0.05) is 6.92 Å². The fourth-order valence-electron chi connectivity index (χ4n) is 3.55. The summed E-state index contributed by atoms with van der Waals surface area (Å²) in [6.45, 7) is 2.05. The molecule has 2 N–H and O–H groups in total. The third-order valence-electron chi connectivity index (χ3n) is 5.20. The summed E-state index contributed by atoms with van der Waals surface area (Å²) in [5.41, 5.74) is -0.529. The molecule has 0 aliphatic heterocycles. The fraction of sp³-hybridized carbons (Fsp3) is 0.444. The summed E-state index contributed by atoms with van der Waals surface area (Å²) in [5, 5.41) is 23.8. The summed E-state index contributed by atoms with van der Waals surface area (Å²) >= 11 is 0. The van der Waals surface area contributed by atoms with E-state index in [1.807, 2.05) is 0 Å². The summed E-state index contributed by atoms with van der Waals surface area (Å²) < 4.78 is 1.66. The normalized spacial score (nSPS) is 22.9. The third kappa shape index (κ3) is 3.40. The predicted octanol–water partition coefficient (Wildman–Crippen LogP) is 2.70. The minimum atomic E-state index is -1.20. The van der Waals surface area contributed by atoms with Crippen LogP contribution in [0, 0.1) is 16.0 Å². The van der Waals surface area contributed by atoms with Gasteiger partial charge >= 0.3 is 5.97 Å². The molecule has 8 nitrogen and oxygen atoms in total. The van der Waals surface area contributed by atoms with Gasteiger partial charge in [0, 0.05) is 29.2 Å². The van der Waals surface area contributed by atoms with Crippen LogP contribution in [0.5, 0.6) is 0 Å². The molecule has 1 aliphatic carbocycles. The average Bonchev–Trinajstić information content (AvgIpc) is 2.99. The SMILES string of the molecule is CC1CCC(NC(=O)Cn2ccc3cc([N+](=O)[O-])ccc32)(C(=O)O)CC1. The standard InChI is InChI=1S/C18H21N3O5/c1-12-4-7-18(8-5-12,17(23)24)19-16(22)11-20-9-6-13-10-14(21(25)26)2-3-15(13)20/h2-3,6,9-10,12H,4-5,7-8,11H2,1H3,(H,19,22)(H,23,24). The summed E-state index contributed by atoms with van der Waals surface area (Å²) in [4.78, 5) is 34.6. The second-order valence-electron chi connectivity index (χ2n) is 7.06. The average molecular weight is 359 g/mol. The van der Waals surface area contributed by atoms with E-state index in [2.05, 4.69) is 12.2 Å². The van der Waals surface area contributed by atoms with Crippen LogP contribution in [0.3, 0.4) is 0 Å². The van der Waals surface area contributed by atoms with Crippen LogP contribution in [0.2, 0.25) is 0 Å². The summed E-state index contributed by atoms with van der Waals surface area (Å²) in [7, 11) is 0. The largest absolute Gasteiger partial charge is 0.480 e. The first-order chi connectivity index (χ1) is 12.3. The Bertz CT molecular complexity index is 865. The molecule has 1 fully saturated rings. The zero-order valence-corrected chi connectivity index (χ0v) is 14.5. The molecule has 0 bridgehead atoms. The highest BCUT2D eigenvalue weighted by Crippen LogP contribution is 2.32. The number of hydrogen-bond acceptors (Lipinski definition) is 4. The number of nitrogens with one attached hydrogen (secondary N) is 1. The second-order valence-corrected chi connectivity index (χ2v) is 7.06. The number of aliphatic carboxylic acids is 1. The van der Waals surface area contributed by atoms with E-state index in [0.29, 0.717) is 29.7 Å². The quantitative estimate of drug-likeness (QED) is 0.629. The zero-order valence-electron chi connectivity index (χ0n) is 14.5. The van der Waals surface area contributed by atoms with Crippen LogP contribution in [-0.2, 0) is 16.1 Å². The number of fused-ring (bicyclic) bond motifs is 1. The number of amides is 1. The lowest BCUT2D eigenvalue weighted by atomic mass is 9.77. The molecule has 26 heavy (non-hydrogen) atoms. The van der Waals surface area contributed by atoms with Crippen molar-refractivity contribution in [2.75, 3.05) is 0 Å². The van der Waals surface area contributed by atoms with Gasteiger partial charge in [0.25, 0.3) is 5.69 Å². The van der Waals surface area contributed by atoms with Gasteiger partial charge in [0.1, 0.15) is 12.1 Å². The molecule has 1 aromatic heterocycles. The lowest BCUT2D eigenvalue weighted by molar-refractivity contribution is -0.384. The third-order valence-corrected chi connectivity index (χ3v) is 5.20. The first-order valence-electron chi connectivity index (χ1n) is 8.58. The van der Waals surface area contributed by atoms with E-state index in [9.17, 15) is 24.8 Å². The number of hydrogen-bond donors (Lipinski definition) is 2. The van der Waals surface area contributed by atoms with Crippen LogP contribution < -0.4 is 5.32 Å². The Labute approximate surface area is 149 Å². The molecule has 0 unspecified atom stereocenters. The van der Waals surface area contributed by atoms with E-state index < -0.39 is 16.4 Å². The van der Waals surface area contributed by atoms with E-state index in [1.54, 1.807) is 22.9 Å². The van der Waals surface area contributed by atoms with Crippen LogP contribution >= 0.6 is 0 Å². The Kier molecular flexibility index (Phi) is 4.67. The maximum absolute atomic E-state index is 12.5. The minimum absolute atomic E-state index is 0.0131. The van der Waals surface area contributed by atoms with Gasteiger partial charge in [-0.2, -0.15) is 0 Å². The summed E-state index contributed by atoms with van der Waals surface area (Å²) in [6.07, 6.45) is 4.05. The topological polar surface area (TPSA) is 114 Å². The molecule has 0 saturated heterocycles. The molecule has 1 aromatic carbocycles. The molecule has 0 atom stereocenters. The van der Waals surface area contributed by atoms with Crippen LogP contribution in [0.25, 0.3) is 10.9 Å².